The predicted molar refractivity (Wildman–Crippen MR) is 96.6 cm³/mol. The second-order valence-corrected chi connectivity index (χ2v) is 6.03. The molecule has 0 bridgehead atoms. The summed E-state index contributed by atoms with van der Waals surface area (Å²) in [7, 11) is 0. The number of benzene rings is 2. The summed E-state index contributed by atoms with van der Waals surface area (Å²) in [6.45, 7) is -0.0422. The summed E-state index contributed by atoms with van der Waals surface area (Å²) in [6, 6.07) is 7.62. The number of carbonyl (C=O) groups is 2. The molecule has 26 heavy (non-hydrogen) atoms. The highest BCUT2D eigenvalue weighted by Crippen LogP contribution is 2.25. The third-order valence-corrected chi connectivity index (χ3v) is 4.18. The van der Waals surface area contributed by atoms with Crippen LogP contribution in [0.1, 0.15) is 5.56 Å². The van der Waals surface area contributed by atoms with E-state index < -0.39 is 23.6 Å². The summed E-state index contributed by atoms with van der Waals surface area (Å²) in [5.74, 6) is -2.67. The van der Waals surface area contributed by atoms with Crippen LogP contribution in [0.15, 0.2) is 36.4 Å². The number of nitrogens with one attached hydrogen (secondary N) is 3. The van der Waals surface area contributed by atoms with Gasteiger partial charge >= 0.3 is 6.03 Å². The molecule has 0 heterocycles. The number of rotatable bonds is 6. The van der Waals surface area contributed by atoms with Crippen molar-refractivity contribution < 1.29 is 18.4 Å². The van der Waals surface area contributed by atoms with E-state index in [0.717, 1.165) is 17.7 Å². The number of halogens is 4. The van der Waals surface area contributed by atoms with E-state index >= 15 is 0 Å². The molecule has 2 aromatic carbocycles. The minimum absolute atomic E-state index is 0.0895. The smallest absolute Gasteiger partial charge is 0.315 e. The topological polar surface area (TPSA) is 70.2 Å². The van der Waals surface area contributed by atoms with E-state index in [9.17, 15) is 18.4 Å². The molecule has 2 aromatic rings. The Hall–Kier alpha value is -2.38. The Morgan fingerprint density at radius 3 is 2.50 bits per heavy atom. The molecule has 3 N–H and O–H groups in total. The third-order valence-electron chi connectivity index (χ3n) is 3.32. The van der Waals surface area contributed by atoms with Gasteiger partial charge in [0.1, 0.15) is 0 Å². The lowest BCUT2D eigenvalue weighted by atomic mass is 10.1. The van der Waals surface area contributed by atoms with E-state index in [-0.39, 0.29) is 18.8 Å². The quantitative estimate of drug-likeness (QED) is 0.689. The van der Waals surface area contributed by atoms with Gasteiger partial charge in [0.05, 0.1) is 16.6 Å². The van der Waals surface area contributed by atoms with E-state index in [1.54, 1.807) is 18.2 Å². The van der Waals surface area contributed by atoms with Crippen molar-refractivity contribution in [1.29, 1.82) is 0 Å². The molecular formula is C17H15Cl2F2N3O2. The SMILES string of the molecule is O=C(CNC(=O)NCCc1cccc(Cl)c1Cl)Nc1ccc(F)c(F)c1. The van der Waals surface area contributed by atoms with E-state index in [1.807, 2.05) is 0 Å². The summed E-state index contributed by atoms with van der Waals surface area (Å²) in [5.41, 5.74) is 0.877. The number of anilines is 1. The standard InChI is InChI=1S/C17H15Cl2F2N3O2/c18-12-3-1-2-10(16(12)19)6-7-22-17(26)23-9-15(25)24-11-4-5-13(20)14(21)8-11/h1-5,8H,6-7,9H2,(H,24,25)(H2,22,23,26). The van der Waals surface area contributed by atoms with Crippen LogP contribution in [0.3, 0.4) is 0 Å². The van der Waals surface area contributed by atoms with Crippen molar-refractivity contribution in [3.63, 3.8) is 0 Å². The van der Waals surface area contributed by atoms with Gasteiger partial charge in [0.2, 0.25) is 5.91 Å². The van der Waals surface area contributed by atoms with E-state index in [2.05, 4.69) is 16.0 Å². The van der Waals surface area contributed by atoms with Gasteiger partial charge in [-0.15, -0.1) is 0 Å². The minimum Gasteiger partial charge on any atom is -0.338 e. The summed E-state index contributed by atoms with van der Waals surface area (Å²) in [5, 5.41) is 8.13. The first-order valence-electron chi connectivity index (χ1n) is 7.56. The average Bonchev–Trinajstić information content (AvgIpc) is 2.60. The van der Waals surface area contributed by atoms with Gasteiger partial charge in [-0.1, -0.05) is 35.3 Å². The van der Waals surface area contributed by atoms with Gasteiger partial charge in [-0.25, -0.2) is 13.6 Å². The first-order valence-corrected chi connectivity index (χ1v) is 8.32. The molecule has 5 nitrogen and oxygen atoms in total. The molecule has 0 radical (unpaired) electrons. The zero-order chi connectivity index (χ0) is 19.1. The lowest BCUT2D eigenvalue weighted by molar-refractivity contribution is -0.115. The van der Waals surface area contributed by atoms with Crippen LogP contribution in [-0.2, 0) is 11.2 Å². The molecule has 0 aliphatic rings. The predicted octanol–water partition coefficient (Wildman–Crippen LogP) is 3.75. The molecule has 0 unspecified atom stereocenters. The second kappa shape index (κ2) is 9.35. The Labute approximate surface area is 158 Å². The number of hydrogen-bond donors (Lipinski definition) is 3. The van der Waals surface area contributed by atoms with Gasteiger partial charge in [0.25, 0.3) is 0 Å². The lowest BCUT2D eigenvalue weighted by Gasteiger charge is -2.09. The van der Waals surface area contributed by atoms with Crippen molar-refractivity contribution in [2.45, 2.75) is 6.42 Å². The van der Waals surface area contributed by atoms with Crippen LogP contribution >= 0.6 is 23.2 Å². The Balaban J connectivity index is 1.71. The fourth-order valence-electron chi connectivity index (χ4n) is 2.05. The zero-order valence-electron chi connectivity index (χ0n) is 13.4. The summed E-state index contributed by atoms with van der Waals surface area (Å²) in [6.07, 6.45) is 0.466. The van der Waals surface area contributed by atoms with Crippen LogP contribution in [0.2, 0.25) is 10.0 Å². The minimum atomic E-state index is -1.08. The van der Waals surface area contributed by atoms with Crippen molar-refractivity contribution >= 4 is 40.8 Å². The fraction of sp³-hybridized carbons (Fsp3) is 0.176. The van der Waals surface area contributed by atoms with Gasteiger partial charge in [0, 0.05) is 18.3 Å². The van der Waals surface area contributed by atoms with E-state index in [4.69, 9.17) is 23.2 Å². The van der Waals surface area contributed by atoms with Crippen molar-refractivity contribution in [2.75, 3.05) is 18.4 Å². The second-order valence-electron chi connectivity index (χ2n) is 5.25. The Bertz CT molecular complexity index is 819. The van der Waals surface area contributed by atoms with Crippen molar-refractivity contribution in [1.82, 2.24) is 10.6 Å². The van der Waals surface area contributed by atoms with Gasteiger partial charge in [-0.05, 0) is 30.2 Å². The fourth-order valence-corrected chi connectivity index (χ4v) is 2.47. The average molecular weight is 402 g/mol. The van der Waals surface area contributed by atoms with Crippen molar-refractivity contribution in [2.24, 2.45) is 0 Å². The molecule has 138 valence electrons. The molecule has 0 aliphatic carbocycles. The number of amides is 3. The molecule has 9 heteroatoms. The molecule has 2 rings (SSSR count). The third kappa shape index (κ3) is 5.86. The van der Waals surface area contributed by atoms with Gasteiger partial charge < -0.3 is 16.0 Å². The van der Waals surface area contributed by atoms with Crippen molar-refractivity contribution in [3.05, 3.63) is 63.6 Å². The molecule has 0 aliphatic heterocycles. The first-order chi connectivity index (χ1) is 12.4. The number of hydrogen-bond acceptors (Lipinski definition) is 2. The molecule has 0 spiro atoms. The Morgan fingerprint density at radius 1 is 1.00 bits per heavy atom. The largest absolute Gasteiger partial charge is 0.338 e. The summed E-state index contributed by atoms with van der Waals surface area (Å²) in [4.78, 5) is 23.4. The Kier molecular flexibility index (Phi) is 7.17. The molecule has 0 aromatic heterocycles. The normalized spacial score (nSPS) is 10.3. The van der Waals surface area contributed by atoms with Crippen LogP contribution in [0.4, 0.5) is 19.3 Å². The highest BCUT2D eigenvalue weighted by atomic mass is 35.5. The maximum absolute atomic E-state index is 13.1. The molecular weight excluding hydrogens is 387 g/mol. The highest BCUT2D eigenvalue weighted by molar-refractivity contribution is 6.42. The highest BCUT2D eigenvalue weighted by Gasteiger charge is 2.09. The molecule has 0 saturated carbocycles. The lowest BCUT2D eigenvalue weighted by Crippen LogP contribution is -2.40. The monoisotopic (exact) mass is 401 g/mol. The van der Waals surface area contributed by atoms with Gasteiger partial charge in [-0.2, -0.15) is 0 Å². The first kappa shape index (κ1) is 19.9. The van der Waals surface area contributed by atoms with Gasteiger partial charge in [0.15, 0.2) is 11.6 Å². The molecule has 0 fully saturated rings. The van der Waals surface area contributed by atoms with Crippen LogP contribution < -0.4 is 16.0 Å². The maximum Gasteiger partial charge on any atom is 0.315 e. The van der Waals surface area contributed by atoms with Crippen molar-refractivity contribution in [3.8, 4) is 0 Å². The van der Waals surface area contributed by atoms with E-state index in [1.165, 1.54) is 6.07 Å². The zero-order valence-corrected chi connectivity index (χ0v) is 14.9. The van der Waals surface area contributed by atoms with E-state index in [0.29, 0.717) is 16.5 Å². The molecule has 0 atom stereocenters. The molecule has 3 amide bonds. The summed E-state index contributed by atoms with van der Waals surface area (Å²) >= 11 is 12.0. The Morgan fingerprint density at radius 2 is 1.77 bits per heavy atom. The van der Waals surface area contributed by atoms with Crippen LogP contribution in [0, 0.1) is 11.6 Å². The maximum atomic E-state index is 13.1. The molecule has 0 saturated heterocycles. The van der Waals surface area contributed by atoms with Crippen LogP contribution in [-0.4, -0.2) is 25.0 Å². The number of urea groups is 1. The number of carbonyl (C=O) groups excluding carboxylic acids is 2. The van der Waals surface area contributed by atoms with Crippen LogP contribution in [0.25, 0.3) is 0 Å². The van der Waals surface area contributed by atoms with Gasteiger partial charge in [-0.3, -0.25) is 4.79 Å². The summed E-state index contributed by atoms with van der Waals surface area (Å²) < 4.78 is 25.9. The van der Waals surface area contributed by atoms with Crippen LogP contribution in [0.5, 0.6) is 0 Å².